The van der Waals surface area contributed by atoms with Crippen LogP contribution in [0.5, 0.6) is 0 Å². The van der Waals surface area contributed by atoms with E-state index in [2.05, 4.69) is 20.8 Å². The van der Waals surface area contributed by atoms with Gasteiger partial charge in [-0.05, 0) is 68.1 Å². The fraction of sp³-hybridized carbons (Fsp3) is 0.818. The van der Waals surface area contributed by atoms with Crippen LogP contribution in [0.2, 0.25) is 0 Å². The van der Waals surface area contributed by atoms with Crippen LogP contribution < -0.4 is 15.1 Å². The molecule has 0 aliphatic rings. The van der Waals surface area contributed by atoms with Crippen molar-refractivity contribution < 1.29 is 14.4 Å². The number of rotatable bonds is 25. The second-order valence-corrected chi connectivity index (χ2v) is 12.8. The Bertz CT molecular complexity index is 725. The predicted molar refractivity (Wildman–Crippen MR) is 159 cm³/mol. The van der Waals surface area contributed by atoms with Crippen molar-refractivity contribution in [3.05, 3.63) is 28.8 Å². The summed E-state index contributed by atoms with van der Waals surface area (Å²) in [6, 6.07) is 3.61. The minimum Gasteiger partial charge on any atom is -0.807 e. The average molecular weight is 535 g/mol. The van der Waals surface area contributed by atoms with Gasteiger partial charge >= 0.3 is 0 Å². The number of hydrogen-bond acceptors (Lipinski definition) is 3. The zero-order chi connectivity index (χ0) is 27.2. The first-order chi connectivity index (χ1) is 18.0. The van der Waals surface area contributed by atoms with Gasteiger partial charge in [-0.3, -0.25) is 0 Å². The van der Waals surface area contributed by atoms with E-state index in [0.29, 0.717) is 0 Å². The third-order valence-electron chi connectivity index (χ3n) is 7.91. The molecule has 0 aromatic heterocycles. The van der Waals surface area contributed by atoms with Crippen molar-refractivity contribution >= 4 is 12.9 Å². The van der Waals surface area contributed by atoms with Crippen molar-refractivity contribution in [3.63, 3.8) is 0 Å². The molecule has 4 heteroatoms. The zero-order valence-electron chi connectivity index (χ0n) is 24.8. The van der Waals surface area contributed by atoms with Gasteiger partial charge in [0.05, 0.1) is 0 Å². The van der Waals surface area contributed by atoms with Crippen LogP contribution in [-0.4, -0.2) is 0 Å². The third kappa shape index (κ3) is 16.2. The van der Waals surface area contributed by atoms with Crippen LogP contribution in [0.15, 0.2) is 12.1 Å². The van der Waals surface area contributed by atoms with Gasteiger partial charge in [-0.2, -0.15) is 0 Å². The van der Waals surface area contributed by atoms with Crippen LogP contribution in [0, 0.1) is 0 Å². The van der Waals surface area contributed by atoms with Crippen LogP contribution in [-0.2, 0) is 23.8 Å². The molecule has 0 aliphatic heterocycles. The lowest BCUT2D eigenvalue weighted by Crippen LogP contribution is -2.29. The molecular weight excluding hydrogens is 475 g/mol. The zero-order valence-corrected chi connectivity index (χ0v) is 25.7. The fourth-order valence-corrected chi connectivity index (χ4v) is 6.44. The summed E-state index contributed by atoms with van der Waals surface area (Å²) in [7, 11) is -4.78. The Morgan fingerprint density at radius 2 is 0.838 bits per heavy atom. The van der Waals surface area contributed by atoms with Crippen molar-refractivity contribution in [3.8, 4) is 0 Å². The van der Waals surface area contributed by atoms with Gasteiger partial charge in [0.1, 0.15) is 0 Å². The maximum Gasteiger partial charge on any atom is -0.0122 e. The van der Waals surface area contributed by atoms with E-state index in [0.717, 1.165) is 50.5 Å². The Balaban J connectivity index is 2.89. The van der Waals surface area contributed by atoms with Crippen molar-refractivity contribution in [2.24, 2.45) is 0 Å². The van der Waals surface area contributed by atoms with E-state index < -0.39 is 7.60 Å². The van der Waals surface area contributed by atoms with E-state index in [4.69, 9.17) is 0 Å². The summed E-state index contributed by atoms with van der Waals surface area (Å²) in [4.78, 5) is 24.5. The minimum atomic E-state index is -4.78. The topological polar surface area (TPSA) is 63.2 Å². The van der Waals surface area contributed by atoms with Gasteiger partial charge in [0.15, 0.2) is 0 Å². The molecular formula is C33H59O3P-2. The first-order valence-electron chi connectivity index (χ1n) is 16.1. The highest BCUT2D eigenvalue weighted by molar-refractivity contribution is 7.57. The molecule has 0 bridgehead atoms. The largest absolute Gasteiger partial charge is 0.807 e. The molecule has 0 radical (unpaired) electrons. The van der Waals surface area contributed by atoms with Crippen LogP contribution in [0.3, 0.4) is 0 Å². The molecule has 1 aromatic rings. The molecule has 216 valence electrons. The first kappa shape index (κ1) is 34.4. The molecule has 0 fully saturated rings. The SMILES string of the molecule is CCCCCCCCCc1ccc(P(=O)([O-])[O-])c(CCCCCCCCC)c1CCCCCCCCC. The molecule has 0 atom stereocenters. The Hall–Kier alpha value is -0.630. The number of aryl methyl sites for hydroxylation is 1. The highest BCUT2D eigenvalue weighted by atomic mass is 31.2. The molecule has 0 spiro atoms. The van der Waals surface area contributed by atoms with E-state index >= 15 is 0 Å². The van der Waals surface area contributed by atoms with Crippen molar-refractivity contribution in [1.82, 2.24) is 0 Å². The highest BCUT2D eigenvalue weighted by Gasteiger charge is 2.15. The fourth-order valence-electron chi connectivity index (χ4n) is 5.60. The molecule has 1 rings (SSSR count). The van der Waals surface area contributed by atoms with Crippen LogP contribution in [0.1, 0.15) is 172 Å². The summed E-state index contributed by atoms with van der Waals surface area (Å²) in [6.07, 6.45) is 28.7. The van der Waals surface area contributed by atoms with Crippen molar-refractivity contribution in [2.45, 2.75) is 175 Å². The van der Waals surface area contributed by atoms with Crippen molar-refractivity contribution in [1.29, 1.82) is 0 Å². The molecule has 37 heavy (non-hydrogen) atoms. The summed E-state index contributed by atoms with van der Waals surface area (Å²) in [5.74, 6) is 0. The lowest BCUT2D eigenvalue weighted by Gasteiger charge is -2.34. The molecule has 1 aromatic carbocycles. The summed E-state index contributed by atoms with van der Waals surface area (Å²) < 4.78 is 12.3. The van der Waals surface area contributed by atoms with E-state index in [9.17, 15) is 14.4 Å². The third-order valence-corrected chi connectivity index (χ3v) is 8.92. The smallest absolute Gasteiger partial charge is 0.0122 e. The van der Waals surface area contributed by atoms with Gasteiger partial charge in [0.25, 0.3) is 0 Å². The average Bonchev–Trinajstić information content (AvgIpc) is 2.87. The Morgan fingerprint density at radius 3 is 1.24 bits per heavy atom. The molecule has 0 amide bonds. The summed E-state index contributed by atoms with van der Waals surface area (Å²) in [5.41, 5.74) is 3.37. The van der Waals surface area contributed by atoms with Gasteiger partial charge in [-0.15, -0.1) is 0 Å². The Kier molecular flexibility index (Phi) is 20.7. The lowest BCUT2D eigenvalue weighted by molar-refractivity contribution is -0.308. The van der Waals surface area contributed by atoms with Gasteiger partial charge in [-0.25, -0.2) is 0 Å². The van der Waals surface area contributed by atoms with Crippen LogP contribution >= 0.6 is 7.60 Å². The van der Waals surface area contributed by atoms with Gasteiger partial charge in [0.2, 0.25) is 0 Å². The van der Waals surface area contributed by atoms with Gasteiger partial charge in [0, 0.05) is 0 Å². The summed E-state index contributed by atoms with van der Waals surface area (Å²) >= 11 is 0. The maximum absolute atomic E-state index is 12.3. The second kappa shape index (κ2) is 22.2. The molecule has 0 saturated carbocycles. The Labute approximate surface area is 230 Å². The molecule has 0 saturated heterocycles. The predicted octanol–water partition coefficient (Wildman–Crippen LogP) is 9.10. The molecule has 0 heterocycles. The summed E-state index contributed by atoms with van der Waals surface area (Å²) in [6.45, 7) is 6.73. The number of unbranched alkanes of at least 4 members (excludes halogenated alkanes) is 18. The lowest BCUT2D eigenvalue weighted by atomic mass is 9.90. The van der Waals surface area contributed by atoms with Gasteiger partial charge < -0.3 is 14.4 Å². The molecule has 0 N–H and O–H groups in total. The standard InChI is InChI=1S/C33H61O3P/c1-4-7-10-13-16-19-22-25-30-28-29-33(37(34,35)36)32(27-24-21-18-15-12-9-6-3)31(30)26-23-20-17-14-11-8-5-2/h28-29H,4-27H2,1-3H3,(H2,34,35,36)/p-2. The molecule has 0 aliphatic carbocycles. The second-order valence-electron chi connectivity index (χ2n) is 11.3. The number of hydrogen-bond donors (Lipinski definition) is 0. The van der Waals surface area contributed by atoms with E-state index in [-0.39, 0.29) is 5.30 Å². The van der Waals surface area contributed by atoms with Crippen LogP contribution in [0.25, 0.3) is 0 Å². The quantitative estimate of drug-likeness (QED) is 0.0928. The first-order valence-corrected chi connectivity index (χ1v) is 17.7. The van der Waals surface area contributed by atoms with Gasteiger partial charge in [-0.1, -0.05) is 148 Å². The van der Waals surface area contributed by atoms with E-state index in [1.807, 2.05) is 6.07 Å². The van der Waals surface area contributed by atoms with E-state index in [1.54, 1.807) is 6.07 Å². The molecule has 0 unspecified atom stereocenters. The van der Waals surface area contributed by atoms with E-state index in [1.165, 1.54) is 120 Å². The number of benzene rings is 1. The normalized spacial score (nSPS) is 11.9. The minimum absolute atomic E-state index is 0.0831. The highest BCUT2D eigenvalue weighted by Crippen LogP contribution is 2.31. The van der Waals surface area contributed by atoms with Crippen LogP contribution in [0.4, 0.5) is 0 Å². The van der Waals surface area contributed by atoms with Crippen molar-refractivity contribution in [2.75, 3.05) is 0 Å². The maximum atomic E-state index is 12.3. The summed E-state index contributed by atoms with van der Waals surface area (Å²) in [5, 5.41) is 0.0831. The Morgan fingerprint density at radius 1 is 0.486 bits per heavy atom. The molecule has 3 nitrogen and oxygen atoms in total. The monoisotopic (exact) mass is 534 g/mol.